The van der Waals surface area contributed by atoms with E-state index in [1.807, 2.05) is 0 Å². The van der Waals surface area contributed by atoms with E-state index in [-0.39, 0.29) is 24.6 Å². The molecule has 0 bridgehead atoms. The van der Waals surface area contributed by atoms with Crippen molar-refractivity contribution in [2.45, 2.75) is 6.42 Å². The van der Waals surface area contributed by atoms with Crippen LogP contribution >= 0.6 is 12.4 Å². The number of hydrogen-bond donors (Lipinski definition) is 2. The van der Waals surface area contributed by atoms with Gasteiger partial charge in [0.25, 0.3) is 0 Å². The predicted octanol–water partition coefficient (Wildman–Crippen LogP) is 1.01. The lowest BCUT2D eigenvalue weighted by Gasteiger charge is -1.97. The van der Waals surface area contributed by atoms with Crippen molar-refractivity contribution in [1.82, 2.24) is 0 Å². The highest BCUT2D eigenvalue weighted by Crippen LogP contribution is 2.10. The van der Waals surface area contributed by atoms with E-state index in [1.54, 1.807) is 0 Å². The minimum atomic E-state index is -1.44. The molecule has 1 rings (SSSR count). The lowest BCUT2D eigenvalue weighted by molar-refractivity contribution is -0.148. The Morgan fingerprint density at radius 3 is 2.07 bits per heavy atom. The zero-order valence-electron chi connectivity index (χ0n) is 7.14. The first-order chi connectivity index (χ1) is 6.09. The largest absolute Gasteiger partial charge is 0.508 e. The highest BCUT2D eigenvalue weighted by molar-refractivity contribution is 6.33. The third-order valence-corrected chi connectivity index (χ3v) is 1.54. The molecule has 1 aromatic rings. The zero-order chi connectivity index (χ0) is 9.84. The Morgan fingerprint density at radius 2 is 1.64 bits per heavy atom. The number of carbonyl (C=O) groups is 2. The SMILES string of the molecule is Cl.O=C(O)C(=O)Cc1ccc(O)cc1. The Balaban J connectivity index is 0.00000169. The number of hydrogen-bond acceptors (Lipinski definition) is 3. The fourth-order valence-electron chi connectivity index (χ4n) is 0.875. The molecule has 2 N–H and O–H groups in total. The maximum atomic E-state index is 10.7. The number of aliphatic carboxylic acids is 1. The third-order valence-electron chi connectivity index (χ3n) is 1.54. The van der Waals surface area contributed by atoms with Crippen LogP contribution in [0.4, 0.5) is 0 Å². The first-order valence-corrected chi connectivity index (χ1v) is 3.63. The molecule has 0 amide bonds. The summed E-state index contributed by atoms with van der Waals surface area (Å²) in [6.45, 7) is 0. The molecule has 0 saturated carbocycles. The van der Waals surface area contributed by atoms with Gasteiger partial charge in [0, 0.05) is 6.42 Å². The highest BCUT2D eigenvalue weighted by atomic mass is 35.5. The Morgan fingerprint density at radius 1 is 1.14 bits per heavy atom. The van der Waals surface area contributed by atoms with E-state index in [1.165, 1.54) is 24.3 Å². The van der Waals surface area contributed by atoms with Gasteiger partial charge in [-0.15, -0.1) is 12.4 Å². The van der Waals surface area contributed by atoms with Crippen molar-refractivity contribution < 1.29 is 19.8 Å². The zero-order valence-corrected chi connectivity index (χ0v) is 7.95. The lowest BCUT2D eigenvalue weighted by atomic mass is 10.1. The molecular formula is C9H9ClO4. The number of halogens is 1. The summed E-state index contributed by atoms with van der Waals surface area (Å²) in [7, 11) is 0. The molecule has 0 aliphatic carbocycles. The maximum Gasteiger partial charge on any atom is 0.372 e. The first kappa shape index (κ1) is 12.4. The molecule has 0 heterocycles. The number of ketones is 1. The van der Waals surface area contributed by atoms with Gasteiger partial charge in [0.15, 0.2) is 0 Å². The van der Waals surface area contributed by atoms with Gasteiger partial charge in [-0.1, -0.05) is 12.1 Å². The minimum Gasteiger partial charge on any atom is -0.508 e. The topological polar surface area (TPSA) is 74.6 Å². The van der Waals surface area contributed by atoms with E-state index in [0.717, 1.165) is 0 Å². The maximum absolute atomic E-state index is 10.7. The number of rotatable bonds is 3. The summed E-state index contributed by atoms with van der Waals surface area (Å²) in [5.74, 6) is -2.20. The monoisotopic (exact) mass is 216 g/mol. The van der Waals surface area contributed by atoms with Gasteiger partial charge < -0.3 is 10.2 Å². The van der Waals surface area contributed by atoms with Crippen molar-refractivity contribution >= 4 is 24.2 Å². The second kappa shape index (κ2) is 5.24. The smallest absolute Gasteiger partial charge is 0.372 e. The number of aromatic hydroxyl groups is 1. The molecule has 0 aliphatic rings. The molecule has 0 aromatic heterocycles. The van der Waals surface area contributed by atoms with Gasteiger partial charge in [-0.05, 0) is 17.7 Å². The normalized spacial score (nSPS) is 8.86. The number of Topliss-reactive ketones (excluding diaryl/α,β-unsaturated/α-hetero) is 1. The molecule has 0 atom stereocenters. The van der Waals surface area contributed by atoms with Crippen molar-refractivity contribution in [3.05, 3.63) is 29.8 Å². The van der Waals surface area contributed by atoms with Gasteiger partial charge in [0.1, 0.15) is 5.75 Å². The van der Waals surface area contributed by atoms with Gasteiger partial charge in [-0.25, -0.2) is 4.79 Å². The molecule has 1 aromatic carbocycles. The van der Waals surface area contributed by atoms with Crippen molar-refractivity contribution in [2.24, 2.45) is 0 Å². The average Bonchev–Trinajstić information content (AvgIpc) is 2.08. The van der Waals surface area contributed by atoms with Crippen LogP contribution in [0.1, 0.15) is 5.56 Å². The molecule has 0 unspecified atom stereocenters. The molecule has 0 spiro atoms. The first-order valence-electron chi connectivity index (χ1n) is 3.63. The predicted molar refractivity (Wildman–Crippen MR) is 51.7 cm³/mol. The second-order valence-corrected chi connectivity index (χ2v) is 2.57. The number of carboxylic acids is 1. The van der Waals surface area contributed by atoms with Crippen LogP contribution in [0.2, 0.25) is 0 Å². The molecule has 0 fully saturated rings. The van der Waals surface area contributed by atoms with Crippen LogP contribution in [0.15, 0.2) is 24.3 Å². The highest BCUT2D eigenvalue weighted by Gasteiger charge is 2.11. The van der Waals surface area contributed by atoms with Crippen LogP contribution in [-0.2, 0) is 16.0 Å². The van der Waals surface area contributed by atoms with Crippen molar-refractivity contribution in [3.8, 4) is 5.75 Å². The standard InChI is InChI=1S/C9H8O4.ClH/c10-7-3-1-6(2-4-7)5-8(11)9(12)13;/h1-4,10H,5H2,(H,12,13);1H. The molecule has 0 saturated heterocycles. The Bertz CT molecular complexity index is 331. The molecule has 0 radical (unpaired) electrons. The van der Waals surface area contributed by atoms with Gasteiger partial charge in [0.05, 0.1) is 0 Å². The van der Waals surface area contributed by atoms with Gasteiger partial charge in [0.2, 0.25) is 5.78 Å². The van der Waals surface area contributed by atoms with E-state index < -0.39 is 11.8 Å². The molecular weight excluding hydrogens is 208 g/mol. The minimum absolute atomic E-state index is 0. The van der Waals surface area contributed by atoms with Crippen molar-refractivity contribution in [2.75, 3.05) is 0 Å². The Kier molecular flexibility index (Phi) is 4.66. The summed E-state index contributed by atoms with van der Waals surface area (Å²) in [6.07, 6.45) is -0.143. The number of phenolic OH excluding ortho intramolecular Hbond substituents is 1. The van der Waals surface area contributed by atoms with E-state index in [4.69, 9.17) is 10.2 Å². The summed E-state index contributed by atoms with van der Waals surface area (Å²) < 4.78 is 0. The van der Waals surface area contributed by atoms with Gasteiger partial charge in [-0.3, -0.25) is 4.79 Å². The van der Waals surface area contributed by atoms with E-state index >= 15 is 0 Å². The van der Waals surface area contributed by atoms with Crippen LogP contribution in [0.3, 0.4) is 0 Å². The fourth-order valence-corrected chi connectivity index (χ4v) is 0.875. The summed E-state index contributed by atoms with van der Waals surface area (Å²) >= 11 is 0. The summed E-state index contributed by atoms with van der Waals surface area (Å²) in [5, 5.41) is 17.2. The van der Waals surface area contributed by atoms with Crippen molar-refractivity contribution in [3.63, 3.8) is 0 Å². The second-order valence-electron chi connectivity index (χ2n) is 2.57. The Hall–Kier alpha value is -1.55. The number of carbonyl (C=O) groups excluding carboxylic acids is 1. The molecule has 0 aliphatic heterocycles. The summed E-state index contributed by atoms with van der Waals surface area (Å²) in [6, 6.07) is 5.83. The quantitative estimate of drug-likeness (QED) is 0.740. The van der Waals surface area contributed by atoms with Crippen LogP contribution in [0.5, 0.6) is 5.75 Å². The van der Waals surface area contributed by atoms with Crippen molar-refractivity contribution in [1.29, 1.82) is 0 Å². The van der Waals surface area contributed by atoms with E-state index in [0.29, 0.717) is 5.56 Å². The fraction of sp³-hybridized carbons (Fsp3) is 0.111. The third kappa shape index (κ3) is 3.45. The van der Waals surface area contributed by atoms with Crippen LogP contribution in [0.25, 0.3) is 0 Å². The van der Waals surface area contributed by atoms with E-state index in [9.17, 15) is 9.59 Å². The molecule has 14 heavy (non-hydrogen) atoms. The lowest BCUT2D eigenvalue weighted by Crippen LogP contribution is -2.14. The molecule has 5 heteroatoms. The molecule has 76 valence electrons. The number of carboxylic acid groups (broad SMARTS) is 1. The average molecular weight is 217 g/mol. The Labute approximate surface area is 86.6 Å². The van der Waals surface area contributed by atoms with Crippen LogP contribution in [0, 0.1) is 0 Å². The molecule has 4 nitrogen and oxygen atoms in total. The van der Waals surface area contributed by atoms with Crippen LogP contribution in [-0.4, -0.2) is 22.0 Å². The summed E-state index contributed by atoms with van der Waals surface area (Å²) in [5.41, 5.74) is 0.574. The number of benzene rings is 1. The van der Waals surface area contributed by atoms with Crippen LogP contribution < -0.4 is 0 Å². The van der Waals surface area contributed by atoms with E-state index in [2.05, 4.69) is 0 Å². The summed E-state index contributed by atoms with van der Waals surface area (Å²) in [4.78, 5) is 20.9. The number of phenols is 1. The van der Waals surface area contributed by atoms with Gasteiger partial charge in [-0.2, -0.15) is 0 Å². The van der Waals surface area contributed by atoms with Gasteiger partial charge >= 0.3 is 5.97 Å².